The highest BCUT2D eigenvalue weighted by Gasteiger charge is 2.14. The molecular formula is C14H20N2O. The lowest BCUT2D eigenvalue weighted by Crippen LogP contribution is -2.30. The molecule has 0 radical (unpaired) electrons. The molecular weight excluding hydrogens is 212 g/mol. The van der Waals surface area contributed by atoms with Gasteiger partial charge in [0, 0.05) is 19.5 Å². The summed E-state index contributed by atoms with van der Waals surface area (Å²) in [5, 5.41) is 2.98. The summed E-state index contributed by atoms with van der Waals surface area (Å²) >= 11 is 0. The number of nitrogens with one attached hydrogen (secondary N) is 1. The summed E-state index contributed by atoms with van der Waals surface area (Å²) in [5.74, 6) is 0.0782. The minimum atomic E-state index is 0.0782. The Hall–Kier alpha value is -1.51. The van der Waals surface area contributed by atoms with Crippen molar-refractivity contribution in [2.75, 3.05) is 23.3 Å². The molecule has 92 valence electrons. The van der Waals surface area contributed by atoms with Crippen LogP contribution in [0, 0.1) is 0 Å². The number of anilines is 2. The summed E-state index contributed by atoms with van der Waals surface area (Å²) < 4.78 is 0. The maximum Gasteiger partial charge on any atom is 0.224 e. The summed E-state index contributed by atoms with van der Waals surface area (Å²) in [6, 6.07) is 8.08. The van der Waals surface area contributed by atoms with Crippen molar-refractivity contribution in [3.8, 4) is 0 Å². The number of benzene rings is 1. The highest BCUT2D eigenvalue weighted by molar-refractivity contribution is 5.94. The lowest BCUT2D eigenvalue weighted by molar-refractivity contribution is -0.115. The number of para-hydroxylation sites is 2. The van der Waals surface area contributed by atoms with Gasteiger partial charge in [0.15, 0.2) is 0 Å². The molecule has 1 amide bonds. The molecule has 1 aliphatic rings. The molecule has 1 aliphatic heterocycles. The lowest BCUT2D eigenvalue weighted by Gasteiger charge is -2.30. The summed E-state index contributed by atoms with van der Waals surface area (Å²) in [4.78, 5) is 13.9. The first kappa shape index (κ1) is 12.0. The van der Waals surface area contributed by atoms with Crippen LogP contribution < -0.4 is 10.2 Å². The van der Waals surface area contributed by atoms with Crippen molar-refractivity contribution in [2.24, 2.45) is 0 Å². The van der Waals surface area contributed by atoms with Gasteiger partial charge in [-0.05, 0) is 31.4 Å². The van der Waals surface area contributed by atoms with Gasteiger partial charge in [0.05, 0.1) is 11.4 Å². The molecule has 0 saturated carbocycles. The summed E-state index contributed by atoms with van der Waals surface area (Å²) in [7, 11) is 0. The van der Waals surface area contributed by atoms with Gasteiger partial charge in [0.25, 0.3) is 0 Å². The number of rotatable bonds is 3. The van der Waals surface area contributed by atoms with Gasteiger partial charge in [0.1, 0.15) is 0 Å². The van der Waals surface area contributed by atoms with E-state index in [1.165, 1.54) is 19.3 Å². The van der Waals surface area contributed by atoms with Crippen molar-refractivity contribution < 1.29 is 4.79 Å². The molecule has 0 aromatic heterocycles. The SMILES string of the molecule is CCC(=O)Nc1ccccc1N1CCCCC1. The molecule has 1 aromatic rings. The first-order chi connectivity index (χ1) is 8.31. The van der Waals surface area contributed by atoms with Crippen LogP contribution in [-0.4, -0.2) is 19.0 Å². The van der Waals surface area contributed by atoms with E-state index in [0.717, 1.165) is 24.5 Å². The van der Waals surface area contributed by atoms with E-state index in [9.17, 15) is 4.79 Å². The number of amides is 1. The van der Waals surface area contributed by atoms with Gasteiger partial charge in [-0.1, -0.05) is 19.1 Å². The van der Waals surface area contributed by atoms with Gasteiger partial charge < -0.3 is 10.2 Å². The highest BCUT2D eigenvalue weighted by Crippen LogP contribution is 2.28. The first-order valence-electron chi connectivity index (χ1n) is 6.45. The Labute approximate surface area is 103 Å². The molecule has 17 heavy (non-hydrogen) atoms. The Morgan fingerprint density at radius 2 is 1.94 bits per heavy atom. The van der Waals surface area contributed by atoms with E-state index in [-0.39, 0.29) is 5.91 Å². The molecule has 1 heterocycles. The molecule has 0 spiro atoms. The zero-order chi connectivity index (χ0) is 12.1. The van der Waals surface area contributed by atoms with Crippen LogP contribution in [0.2, 0.25) is 0 Å². The third-order valence-electron chi connectivity index (χ3n) is 3.20. The van der Waals surface area contributed by atoms with Gasteiger partial charge in [0.2, 0.25) is 5.91 Å². The van der Waals surface area contributed by atoms with Gasteiger partial charge in [-0.3, -0.25) is 4.79 Å². The summed E-state index contributed by atoms with van der Waals surface area (Å²) in [6.07, 6.45) is 4.33. The molecule has 0 bridgehead atoms. The monoisotopic (exact) mass is 232 g/mol. The third-order valence-corrected chi connectivity index (χ3v) is 3.20. The van der Waals surface area contributed by atoms with Crippen molar-refractivity contribution in [1.82, 2.24) is 0 Å². The van der Waals surface area contributed by atoms with Gasteiger partial charge in [-0.15, -0.1) is 0 Å². The molecule has 0 atom stereocenters. The molecule has 1 aromatic carbocycles. The van der Waals surface area contributed by atoms with Crippen LogP contribution in [0.5, 0.6) is 0 Å². The quantitative estimate of drug-likeness (QED) is 0.868. The number of hydrogen-bond acceptors (Lipinski definition) is 2. The van der Waals surface area contributed by atoms with E-state index in [1.54, 1.807) is 0 Å². The maximum absolute atomic E-state index is 11.5. The van der Waals surface area contributed by atoms with E-state index in [4.69, 9.17) is 0 Å². The van der Waals surface area contributed by atoms with E-state index in [0.29, 0.717) is 6.42 Å². The van der Waals surface area contributed by atoms with Crippen LogP contribution >= 0.6 is 0 Å². The van der Waals surface area contributed by atoms with Gasteiger partial charge in [-0.2, -0.15) is 0 Å². The second kappa shape index (κ2) is 5.71. The fraction of sp³-hybridized carbons (Fsp3) is 0.500. The van der Waals surface area contributed by atoms with E-state index < -0.39 is 0 Å². The third kappa shape index (κ3) is 2.99. The number of piperidine rings is 1. The zero-order valence-electron chi connectivity index (χ0n) is 10.4. The molecule has 3 heteroatoms. The minimum absolute atomic E-state index is 0.0782. The summed E-state index contributed by atoms with van der Waals surface area (Å²) in [5.41, 5.74) is 2.11. The minimum Gasteiger partial charge on any atom is -0.370 e. The molecule has 2 rings (SSSR count). The fourth-order valence-electron chi connectivity index (χ4n) is 2.23. The van der Waals surface area contributed by atoms with Crippen LogP contribution in [0.15, 0.2) is 24.3 Å². The predicted octanol–water partition coefficient (Wildman–Crippen LogP) is 3.03. The Balaban J connectivity index is 2.17. The van der Waals surface area contributed by atoms with Gasteiger partial charge in [-0.25, -0.2) is 0 Å². The second-order valence-corrected chi connectivity index (χ2v) is 4.47. The smallest absolute Gasteiger partial charge is 0.224 e. The number of carbonyl (C=O) groups is 1. The molecule has 3 nitrogen and oxygen atoms in total. The summed E-state index contributed by atoms with van der Waals surface area (Å²) in [6.45, 7) is 4.07. The average molecular weight is 232 g/mol. The predicted molar refractivity (Wildman–Crippen MR) is 71.4 cm³/mol. The molecule has 0 unspecified atom stereocenters. The van der Waals surface area contributed by atoms with Crippen LogP contribution in [0.1, 0.15) is 32.6 Å². The Bertz CT molecular complexity index is 384. The van der Waals surface area contributed by atoms with Crippen molar-refractivity contribution in [3.05, 3.63) is 24.3 Å². The largest absolute Gasteiger partial charge is 0.370 e. The lowest BCUT2D eigenvalue weighted by atomic mass is 10.1. The van der Waals surface area contributed by atoms with Crippen molar-refractivity contribution in [2.45, 2.75) is 32.6 Å². The molecule has 1 fully saturated rings. The fourth-order valence-corrected chi connectivity index (χ4v) is 2.23. The van der Waals surface area contributed by atoms with Crippen molar-refractivity contribution in [3.63, 3.8) is 0 Å². The number of hydrogen-bond donors (Lipinski definition) is 1. The van der Waals surface area contributed by atoms with Crippen LogP contribution in [0.3, 0.4) is 0 Å². The van der Waals surface area contributed by atoms with Crippen LogP contribution in [-0.2, 0) is 4.79 Å². The van der Waals surface area contributed by atoms with Crippen LogP contribution in [0.25, 0.3) is 0 Å². The van der Waals surface area contributed by atoms with Crippen molar-refractivity contribution >= 4 is 17.3 Å². The number of carbonyl (C=O) groups excluding carboxylic acids is 1. The first-order valence-corrected chi connectivity index (χ1v) is 6.45. The Morgan fingerprint density at radius 1 is 1.24 bits per heavy atom. The maximum atomic E-state index is 11.5. The van der Waals surface area contributed by atoms with E-state index >= 15 is 0 Å². The topological polar surface area (TPSA) is 32.3 Å². The van der Waals surface area contributed by atoms with E-state index in [1.807, 2.05) is 25.1 Å². The number of nitrogens with zero attached hydrogens (tertiary/aromatic N) is 1. The Morgan fingerprint density at radius 3 is 2.65 bits per heavy atom. The molecule has 1 N–H and O–H groups in total. The second-order valence-electron chi connectivity index (χ2n) is 4.47. The van der Waals surface area contributed by atoms with Crippen molar-refractivity contribution in [1.29, 1.82) is 0 Å². The normalized spacial score (nSPS) is 15.7. The van der Waals surface area contributed by atoms with E-state index in [2.05, 4.69) is 16.3 Å². The molecule has 1 saturated heterocycles. The average Bonchev–Trinajstić information content (AvgIpc) is 2.40. The standard InChI is InChI=1S/C14H20N2O/c1-2-14(17)15-12-8-4-5-9-13(12)16-10-6-3-7-11-16/h4-5,8-9H,2-3,6-7,10-11H2,1H3,(H,15,17). The molecule has 0 aliphatic carbocycles. The Kier molecular flexibility index (Phi) is 4.02. The van der Waals surface area contributed by atoms with Gasteiger partial charge >= 0.3 is 0 Å². The highest BCUT2D eigenvalue weighted by atomic mass is 16.1. The zero-order valence-corrected chi connectivity index (χ0v) is 10.4. The van der Waals surface area contributed by atoms with Crippen LogP contribution in [0.4, 0.5) is 11.4 Å².